The zero-order valence-corrected chi connectivity index (χ0v) is 14.9. The van der Waals surface area contributed by atoms with Crippen molar-refractivity contribution < 1.29 is 18.0 Å². The van der Waals surface area contributed by atoms with E-state index in [-0.39, 0.29) is 35.9 Å². The lowest BCUT2D eigenvalue weighted by molar-refractivity contribution is -0.123. The molecule has 0 spiro atoms. The van der Waals surface area contributed by atoms with Crippen molar-refractivity contribution in [2.45, 2.75) is 12.5 Å². The van der Waals surface area contributed by atoms with E-state index >= 15 is 0 Å². The van der Waals surface area contributed by atoms with Gasteiger partial charge in [0.2, 0.25) is 5.91 Å². The number of rotatable bonds is 4. The normalized spacial score (nSPS) is 23.4. The van der Waals surface area contributed by atoms with Gasteiger partial charge in [0.25, 0.3) is 5.91 Å². The molecule has 1 aromatic carbocycles. The van der Waals surface area contributed by atoms with Crippen molar-refractivity contribution >= 4 is 21.7 Å². The number of nitrogens with one attached hydrogen (secondary N) is 1. The quantitative estimate of drug-likeness (QED) is 0.795. The molecule has 0 bridgehead atoms. The third-order valence-corrected chi connectivity index (χ3v) is 6.41. The summed E-state index contributed by atoms with van der Waals surface area (Å²) in [6.07, 6.45) is 0.493. The molecule has 2 aliphatic rings. The highest BCUT2D eigenvalue weighted by atomic mass is 32.2. The molecule has 0 unspecified atom stereocenters. The summed E-state index contributed by atoms with van der Waals surface area (Å²) in [4.78, 5) is 28.3. The van der Waals surface area contributed by atoms with E-state index in [4.69, 9.17) is 0 Å². The zero-order valence-electron chi connectivity index (χ0n) is 14.1. The van der Waals surface area contributed by atoms with E-state index in [9.17, 15) is 18.0 Å². The van der Waals surface area contributed by atoms with E-state index in [0.29, 0.717) is 38.2 Å². The summed E-state index contributed by atoms with van der Waals surface area (Å²) in [6, 6.07) is 8.91. The van der Waals surface area contributed by atoms with E-state index in [0.717, 1.165) is 0 Å². The number of sulfone groups is 1. The van der Waals surface area contributed by atoms with Gasteiger partial charge in [-0.05, 0) is 18.6 Å². The molecule has 1 N–H and O–H groups in total. The van der Waals surface area contributed by atoms with E-state index in [1.807, 2.05) is 23.1 Å². The van der Waals surface area contributed by atoms with Gasteiger partial charge in [0, 0.05) is 37.8 Å². The summed E-state index contributed by atoms with van der Waals surface area (Å²) < 4.78 is 22.9. The van der Waals surface area contributed by atoms with Crippen molar-refractivity contribution in [3.63, 3.8) is 0 Å². The van der Waals surface area contributed by atoms with Crippen LogP contribution in [0.2, 0.25) is 0 Å². The standard InChI is InChI=1S/C17H23N3O4S/c21-16(18-15-6-11-25(23,24)13-15)12-19-7-9-20(10-8-19)17(22)14-4-2-1-3-5-14/h1-5,15H,6-13H2,(H,18,21)/t15-/m1/s1. The van der Waals surface area contributed by atoms with Crippen molar-refractivity contribution in [2.24, 2.45) is 0 Å². The zero-order chi connectivity index (χ0) is 17.9. The smallest absolute Gasteiger partial charge is 0.253 e. The molecule has 0 aliphatic carbocycles. The van der Waals surface area contributed by atoms with Crippen LogP contribution in [0.25, 0.3) is 0 Å². The maximum Gasteiger partial charge on any atom is 0.253 e. The number of hydrogen-bond acceptors (Lipinski definition) is 5. The predicted molar refractivity (Wildman–Crippen MR) is 94.0 cm³/mol. The van der Waals surface area contributed by atoms with Gasteiger partial charge < -0.3 is 10.2 Å². The lowest BCUT2D eigenvalue weighted by Crippen LogP contribution is -2.52. The van der Waals surface area contributed by atoms with Crippen LogP contribution in [0.3, 0.4) is 0 Å². The van der Waals surface area contributed by atoms with Gasteiger partial charge in [0.1, 0.15) is 0 Å². The van der Waals surface area contributed by atoms with Crippen molar-refractivity contribution in [1.82, 2.24) is 15.1 Å². The molecule has 0 saturated carbocycles. The molecule has 7 nitrogen and oxygen atoms in total. The van der Waals surface area contributed by atoms with Gasteiger partial charge in [-0.25, -0.2) is 8.42 Å². The van der Waals surface area contributed by atoms with Gasteiger partial charge in [0.15, 0.2) is 9.84 Å². The van der Waals surface area contributed by atoms with Crippen molar-refractivity contribution in [2.75, 3.05) is 44.2 Å². The number of hydrogen-bond donors (Lipinski definition) is 1. The SMILES string of the molecule is O=C(CN1CCN(C(=O)c2ccccc2)CC1)N[C@@H]1CCS(=O)(=O)C1. The lowest BCUT2D eigenvalue weighted by atomic mass is 10.2. The van der Waals surface area contributed by atoms with E-state index in [1.165, 1.54) is 0 Å². The van der Waals surface area contributed by atoms with Crippen LogP contribution in [0.4, 0.5) is 0 Å². The van der Waals surface area contributed by atoms with E-state index in [2.05, 4.69) is 5.32 Å². The van der Waals surface area contributed by atoms with Gasteiger partial charge in [-0.15, -0.1) is 0 Å². The van der Waals surface area contributed by atoms with Crippen molar-refractivity contribution in [3.05, 3.63) is 35.9 Å². The lowest BCUT2D eigenvalue weighted by Gasteiger charge is -2.34. The molecule has 2 heterocycles. The second-order valence-corrected chi connectivity index (χ2v) is 8.83. The molecule has 3 rings (SSSR count). The van der Waals surface area contributed by atoms with Crippen LogP contribution in [-0.2, 0) is 14.6 Å². The largest absolute Gasteiger partial charge is 0.351 e. The van der Waals surface area contributed by atoms with Crippen molar-refractivity contribution in [3.8, 4) is 0 Å². The fourth-order valence-electron chi connectivity index (χ4n) is 3.26. The summed E-state index contributed by atoms with van der Waals surface area (Å²) in [6.45, 7) is 2.67. The number of nitrogens with zero attached hydrogens (tertiary/aromatic N) is 2. The van der Waals surface area contributed by atoms with E-state index < -0.39 is 9.84 Å². The maximum atomic E-state index is 12.4. The summed E-state index contributed by atoms with van der Waals surface area (Å²) in [7, 11) is -2.99. The molecular weight excluding hydrogens is 342 g/mol. The Kier molecular flexibility index (Phi) is 5.39. The van der Waals surface area contributed by atoms with Gasteiger partial charge in [-0.3, -0.25) is 14.5 Å². The van der Waals surface area contributed by atoms with Crippen LogP contribution in [0.5, 0.6) is 0 Å². The van der Waals surface area contributed by atoms with Gasteiger partial charge in [0.05, 0.1) is 18.1 Å². The first-order valence-corrected chi connectivity index (χ1v) is 10.3. The summed E-state index contributed by atoms with van der Waals surface area (Å²) in [5.74, 6) is 0.0573. The minimum atomic E-state index is -2.99. The molecule has 25 heavy (non-hydrogen) atoms. The Morgan fingerprint density at radius 1 is 1.08 bits per heavy atom. The molecule has 2 amide bonds. The molecule has 2 fully saturated rings. The third-order valence-electron chi connectivity index (χ3n) is 4.65. The Balaban J connectivity index is 1.43. The monoisotopic (exact) mass is 365 g/mol. The Morgan fingerprint density at radius 2 is 1.76 bits per heavy atom. The Morgan fingerprint density at radius 3 is 2.36 bits per heavy atom. The Bertz CT molecular complexity index is 728. The fourth-order valence-corrected chi connectivity index (χ4v) is 4.93. The summed E-state index contributed by atoms with van der Waals surface area (Å²) >= 11 is 0. The number of carbonyl (C=O) groups excluding carboxylic acids is 2. The first-order chi connectivity index (χ1) is 11.9. The number of benzene rings is 1. The molecule has 0 aromatic heterocycles. The summed E-state index contributed by atoms with van der Waals surface area (Å²) in [5, 5.41) is 2.80. The Labute approximate surface area is 147 Å². The first kappa shape index (κ1) is 17.9. The highest BCUT2D eigenvalue weighted by Gasteiger charge is 2.29. The second-order valence-electron chi connectivity index (χ2n) is 6.60. The summed E-state index contributed by atoms with van der Waals surface area (Å²) in [5.41, 5.74) is 0.677. The molecular formula is C17H23N3O4S. The highest BCUT2D eigenvalue weighted by molar-refractivity contribution is 7.91. The fraction of sp³-hybridized carbons (Fsp3) is 0.529. The molecule has 2 aliphatic heterocycles. The molecule has 8 heteroatoms. The number of carbonyl (C=O) groups is 2. The average Bonchev–Trinajstić information content (AvgIpc) is 2.94. The first-order valence-electron chi connectivity index (χ1n) is 8.49. The predicted octanol–water partition coefficient (Wildman–Crippen LogP) is -0.252. The topological polar surface area (TPSA) is 86.8 Å². The minimum absolute atomic E-state index is 0.0147. The van der Waals surface area contributed by atoms with Crippen LogP contribution in [-0.4, -0.2) is 80.3 Å². The second kappa shape index (κ2) is 7.53. The van der Waals surface area contributed by atoms with Crippen LogP contribution in [0.15, 0.2) is 30.3 Å². The average molecular weight is 365 g/mol. The number of amides is 2. The molecule has 1 atom stereocenters. The van der Waals surface area contributed by atoms with Crippen LogP contribution >= 0.6 is 0 Å². The van der Waals surface area contributed by atoms with Crippen LogP contribution in [0.1, 0.15) is 16.8 Å². The third kappa shape index (κ3) is 4.79. The Hall–Kier alpha value is -1.93. The maximum absolute atomic E-state index is 12.4. The van der Waals surface area contributed by atoms with Gasteiger partial charge in [-0.2, -0.15) is 0 Å². The molecule has 1 aromatic rings. The molecule has 136 valence electrons. The van der Waals surface area contributed by atoms with Gasteiger partial charge >= 0.3 is 0 Å². The minimum Gasteiger partial charge on any atom is -0.351 e. The molecule has 2 saturated heterocycles. The highest BCUT2D eigenvalue weighted by Crippen LogP contribution is 2.12. The van der Waals surface area contributed by atoms with Crippen LogP contribution < -0.4 is 5.32 Å². The van der Waals surface area contributed by atoms with Gasteiger partial charge in [-0.1, -0.05) is 18.2 Å². The molecule has 0 radical (unpaired) electrons. The van der Waals surface area contributed by atoms with Crippen molar-refractivity contribution in [1.29, 1.82) is 0 Å². The van der Waals surface area contributed by atoms with Crippen LogP contribution in [0, 0.1) is 0 Å². The number of piperazine rings is 1. The van der Waals surface area contributed by atoms with E-state index in [1.54, 1.807) is 17.0 Å².